The summed E-state index contributed by atoms with van der Waals surface area (Å²) in [4.78, 5) is 17.3. The van der Waals surface area contributed by atoms with Gasteiger partial charge in [0.15, 0.2) is 0 Å². The first-order chi connectivity index (χ1) is 19.9. The van der Waals surface area contributed by atoms with Gasteiger partial charge in [-0.3, -0.25) is 4.79 Å². The number of aryl methyl sites for hydroxylation is 1. The molecule has 3 heterocycles. The summed E-state index contributed by atoms with van der Waals surface area (Å²) in [7, 11) is -3.25. The summed E-state index contributed by atoms with van der Waals surface area (Å²) >= 11 is 0. The number of sulfonamides is 1. The molecule has 0 spiro atoms. The second-order valence-electron chi connectivity index (χ2n) is 11.7. The van der Waals surface area contributed by atoms with E-state index in [9.17, 15) is 13.2 Å². The van der Waals surface area contributed by atoms with E-state index in [4.69, 9.17) is 0 Å². The molecule has 5 aliphatic rings. The van der Waals surface area contributed by atoms with E-state index >= 15 is 0 Å². The third-order valence-electron chi connectivity index (χ3n) is 8.21. The molecule has 3 saturated heterocycles. The van der Waals surface area contributed by atoms with Crippen molar-refractivity contribution in [3.8, 4) is 12.8 Å². The van der Waals surface area contributed by atoms with Gasteiger partial charge in [-0.1, -0.05) is 63.6 Å². The van der Waals surface area contributed by atoms with E-state index in [0.29, 0.717) is 23.9 Å². The van der Waals surface area contributed by atoms with Gasteiger partial charge < -0.3 is 9.80 Å². The minimum atomic E-state index is -3.25. The molecule has 1 amide bonds. The minimum absolute atomic E-state index is 0.417. The molecule has 41 heavy (non-hydrogen) atoms. The predicted molar refractivity (Wildman–Crippen MR) is 171 cm³/mol. The van der Waals surface area contributed by atoms with E-state index in [1.54, 1.807) is 16.4 Å². The van der Waals surface area contributed by atoms with Crippen molar-refractivity contribution in [2.75, 3.05) is 39.3 Å². The molecule has 0 N–H and O–H groups in total. The molecule has 1 aromatic carbocycles. The molecule has 2 saturated carbocycles. The van der Waals surface area contributed by atoms with Crippen molar-refractivity contribution in [2.24, 2.45) is 5.92 Å². The van der Waals surface area contributed by atoms with Crippen LogP contribution in [0, 0.1) is 25.7 Å². The highest BCUT2D eigenvalue weighted by atomic mass is 32.2. The fraction of sp³-hybridized carbons (Fsp3) is 0.735. The first kappa shape index (κ1) is 35.3. The minimum Gasteiger partial charge on any atom is -0.343 e. The van der Waals surface area contributed by atoms with Crippen LogP contribution in [0.5, 0.6) is 0 Å². The molecule has 6 rings (SSSR count). The van der Waals surface area contributed by atoms with Crippen LogP contribution in [0.3, 0.4) is 0 Å². The van der Waals surface area contributed by atoms with Crippen molar-refractivity contribution < 1.29 is 13.2 Å². The van der Waals surface area contributed by atoms with E-state index in [1.807, 2.05) is 32.9 Å². The fourth-order valence-corrected chi connectivity index (χ4v) is 6.94. The van der Waals surface area contributed by atoms with Gasteiger partial charge in [-0.25, -0.2) is 8.42 Å². The Labute approximate surface area is 252 Å². The van der Waals surface area contributed by atoms with Crippen LogP contribution < -0.4 is 0 Å². The molecule has 0 radical (unpaired) electrons. The molecule has 0 unspecified atom stereocenters. The SMILES string of the molecule is C#C.C1CC1.CC.Cc1ccc(S(=O)(=O)N2CCCCC2)cc1.O=C(CC1CC1)N1CCC(N2CCCCC2)CC1. The number of nitrogens with zero attached hydrogens (tertiary/aromatic N) is 3. The maximum atomic E-state index is 12.2. The molecule has 232 valence electrons. The Kier molecular flexibility index (Phi) is 16.7. The van der Waals surface area contributed by atoms with Crippen LogP contribution in [0.15, 0.2) is 29.2 Å². The number of piperidine rings is 3. The topological polar surface area (TPSA) is 60.9 Å². The monoisotopic (exact) mass is 587 g/mol. The highest BCUT2D eigenvalue weighted by molar-refractivity contribution is 7.89. The molecule has 6 nitrogen and oxygen atoms in total. The summed E-state index contributed by atoms with van der Waals surface area (Å²) in [6.07, 6.45) is 25.6. The third kappa shape index (κ3) is 12.9. The average Bonchev–Trinajstić information content (AvgIpc) is 3.96. The Morgan fingerprint density at radius 2 is 1.20 bits per heavy atom. The molecule has 1 aromatic rings. The third-order valence-corrected chi connectivity index (χ3v) is 10.1. The predicted octanol–water partition coefficient (Wildman–Crippen LogP) is 6.88. The van der Waals surface area contributed by atoms with Crippen molar-refractivity contribution in [3.05, 3.63) is 29.8 Å². The summed E-state index contributed by atoms with van der Waals surface area (Å²) in [6.45, 7) is 11.9. The lowest BCUT2D eigenvalue weighted by molar-refractivity contribution is -0.133. The van der Waals surface area contributed by atoms with Gasteiger partial charge in [-0.2, -0.15) is 4.31 Å². The van der Waals surface area contributed by atoms with Crippen molar-refractivity contribution in [1.82, 2.24) is 14.1 Å². The fourth-order valence-electron chi connectivity index (χ4n) is 5.43. The second kappa shape index (κ2) is 19.3. The van der Waals surface area contributed by atoms with Gasteiger partial charge in [-0.05, 0) is 89.4 Å². The van der Waals surface area contributed by atoms with Crippen LogP contribution in [0.4, 0.5) is 0 Å². The average molecular weight is 588 g/mol. The van der Waals surface area contributed by atoms with Gasteiger partial charge in [-0.15, -0.1) is 12.8 Å². The van der Waals surface area contributed by atoms with E-state index < -0.39 is 10.0 Å². The van der Waals surface area contributed by atoms with Crippen LogP contribution in [-0.2, 0) is 14.8 Å². The summed E-state index contributed by atoms with van der Waals surface area (Å²) in [5.74, 6) is 1.16. The molecular weight excluding hydrogens is 530 g/mol. The lowest BCUT2D eigenvalue weighted by Crippen LogP contribution is -2.48. The Morgan fingerprint density at radius 3 is 1.66 bits per heavy atom. The zero-order valence-electron chi connectivity index (χ0n) is 26.2. The lowest BCUT2D eigenvalue weighted by atomic mass is 9.99. The Hall–Kier alpha value is -1.88. The standard InChI is InChI=1S/C15H26N2O.C12H17NO2S.C3H6.C2H6.C2H2/c18-15(12-13-4-5-13)17-10-6-14(7-11-17)16-8-2-1-3-9-16;1-11-5-7-12(8-6-11)16(14,15)13-9-3-2-4-10-13;1-2-3-1;2*1-2/h13-14H,1-12H2;5-8H,2-4,9-10H2,1H3;1-3H2;1-2H3;1-2H. The zero-order valence-corrected chi connectivity index (χ0v) is 27.1. The molecule has 0 aromatic heterocycles. The summed E-state index contributed by atoms with van der Waals surface area (Å²) in [6, 6.07) is 7.84. The Morgan fingerprint density at radius 1 is 0.732 bits per heavy atom. The van der Waals surface area contributed by atoms with Gasteiger partial charge >= 0.3 is 0 Å². The molecular formula is C34H57N3O3S. The molecule has 5 fully saturated rings. The summed E-state index contributed by atoms with van der Waals surface area (Å²) < 4.78 is 26.0. The second-order valence-corrected chi connectivity index (χ2v) is 13.6. The smallest absolute Gasteiger partial charge is 0.243 e. The van der Waals surface area contributed by atoms with Crippen LogP contribution in [0.1, 0.15) is 109 Å². The van der Waals surface area contributed by atoms with E-state index in [-0.39, 0.29) is 0 Å². The number of amides is 1. The van der Waals surface area contributed by atoms with Crippen LogP contribution in [-0.4, -0.2) is 73.7 Å². The van der Waals surface area contributed by atoms with Crippen LogP contribution in [0.25, 0.3) is 0 Å². The molecule has 3 aliphatic heterocycles. The quantitative estimate of drug-likeness (QED) is 0.353. The van der Waals surface area contributed by atoms with E-state index in [0.717, 1.165) is 56.3 Å². The highest BCUT2D eigenvalue weighted by Crippen LogP contribution is 2.33. The van der Waals surface area contributed by atoms with Gasteiger partial charge in [0, 0.05) is 38.6 Å². The first-order valence-electron chi connectivity index (χ1n) is 16.4. The maximum Gasteiger partial charge on any atom is 0.243 e. The largest absolute Gasteiger partial charge is 0.343 e. The molecule has 2 aliphatic carbocycles. The summed E-state index contributed by atoms with van der Waals surface area (Å²) in [5, 5.41) is 0. The van der Waals surface area contributed by atoms with Gasteiger partial charge in [0.25, 0.3) is 0 Å². The number of carbonyl (C=O) groups is 1. The first-order valence-corrected chi connectivity index (χ1v) is 17.8. The lowest BCUT2D eigenvalue weighted by Gasteiger charge is -2.40. The number of carbonyl (C=O) groups excluding carboxylic acids is 1. The number of hydrogen-bond donors (Lipinski definition) is 0. The Bertz CT molecular complexity index is 963. The van der Waals surface area contributed by atoms with Gasteiger partial charge in [0.1, 0.15) is 0 Å². The normalized spacial score (nSPS) is 21.2. The number of hydrogen-bond acceptors (Lipinski definition) is 4. The van der Waals surface area contributed by atoms with Crippen LogP contribution >= 0.6 is 0 Å². The number of rotatable bonds is 5. The van der Waals surface area contributed by atoms with Crippen molar-refractivity contribution in [2.45, 2.75) is 122 Å². The van der Waals surface area contributed by atoms with Crippen molar-refractivity contribution in [3.63, 3.8) is 0 Å². The maximum absolute atomic E-state index is 12.2. The number of benzene rings is 1. The zero-order chi connectivity index (χ0) is 30.1. The number of terminal acetylenes is 1. The van der Waals surface area contributed by atoms with Crippen molar-refractivity contribution >= 4 is 15.9 Å². The number of likely N-dealkylation sites (tertiary alicyclic amines) is 2. The van der Waals surface area contributed by atoms with Crippen molar-refractivity contribution in [1.29, 1.82) is 0 Å². The molecule has 0 atom stereocenters. The highest BCUT2D eigenvalue weighted by Gasteiger charge is 2.31. The van der Waals surface area contributed by atoms with E-state index in [1.165, 1.54) is 77.3 Å². The van der Waals surface area contributed by atoms with Crippen LogP contribution in [0.2, 0.25) is 0 Å². The Balaban J connectivity index is 0.000000235. The van der Waals surface area contributed by atoms with Gasteiger partial charge in [0.05, 0.1) is 4.90 Å². The molecule has 0 bridgehead atoms. The summed E-state index contributed by atoms with van der Waals surface area (Å²) in [5.41, 5.74) is 1.08. The van der Waals surface area contributed by atoms with Gasteiger partial charge in [0.2, 0.25) is 15.9 Å². The molecule has 7 heteroatoms. The van der Waals surface area contributed by atoms with E-state index in [2.05, 4.69) is 22.6 Å².